The fourth-order valence-corrected chi connectivity index (χ4v) is 3.05. The Labute approximate surface area is 147 Å². The van der Waals surface area contributed by atoms with Gasteiger partial charge in [-0.25, -0.2) is 4.52 Å². The number of fused-ring (bicyclic) bond motifs is 2. The number of amides is 1. The fraction of sp³-hybridized carbons (Fsp3) is 0.118. The summed E-state index contributed by atoms with van der Waals surface area (Å²) in [5, 5.41) is 14.7. The molecule has 0 bridgehead atoms. The lowest BCUT2D eigenvalue weighted by Crippen LogP contribution is -2.03. The molecule has 1 aromatic carbocycles. The normalized spacial score (nSPS) is 13.0. The van der Waals surface area contributed by atoms with Crippen LogP contribution in [0, 0.1) is 0 Å². The number of hydrogen-bond acceptors (Lipinski definition) is 6. The van der Waals surface area contributed by atoms with Gasteiger partial charge in [0.05, 0.1) is 30.7 Å². The smallest absolute Gasteiger partial charge is 0.247 e. The van der Waals surface area contributed by atoms with Gasteiger partial charge in [0, 0.05) is 30.2 Å². The number of nitrogens with one attached hydrogen (secondary N) is 2. The second kappa shape index (κ2) is 5.38. The molecule has 0 unspecified atom stereocenters. The highest BCUT2D eigenvalue weighted by Crippen LogP contribution is 2.27. The zero-order valence-corrected chi connectivity index (χ0v) is 13.8. The molecule has 0 radical (unpaired) electrons. The van der Waals surface area contributed by atoms with Crippen LogP contribution in [0.3, 0.4) is 0 Å². The maximum Gasteiger partial charge on any atom is 0.247 e. The molecule has 0 spiro atoms. The van der Waals surface area contributed by atoms with Crippen LogP contribution < -0.4 is 10.6 Å². The Balaban J connectivity index is 1.51. The molecule has 26 heavy (non-hydrogen) atoms. The third kappa shape index (κ3) is 2.37. The first kappa shape index (κ1) is 14.6. The van der Waals surface area contributed by atoms with Crippen LogP contribution in [0.2, 0.25) is 0 Å². The van der Waals surface area contributed by atoms with E-state index in [2.05, 4.69) is 30.8 Å². The standard InChI is InChI=1S/C17H14N8O/c1-24-9-11(6-19-24)14-7-18-8-15-22-17(23-25(14)15)20-12-2-3-13-10(4-12)5-16(26)21-13/h2-4,6-9H,5H2,1H3,(H,20,23)(H,21,26). The molecule has 0 saturated heterocycles. The van der Waals surface area contributed by atoms with Crippen molar-refractivity contribution in [3.05, 3.63) is 48.5 Å². The van der Waals surface area contributed by atoms with E-state index in [-0.39, 0.29) is 5.91 Å². The zero-order chi connectivity index (χ0) is 17.7. The molecule has 1 aliphatic heterocycles. The molecule has 128 valence electrons. The number of aryl methyl sites for hydroxylation is 1. The largest absolute Gasteiger partial charge is 0.326 e. The van der Waals surface area contributed by atoms with E-state index in [1.54, 1.807) is 27.8 Å². The maximum absolute atomic E-state index is 11.5. The maximum atomic E-state index is 11.5. The van der Waals surface area contributed by atoms with Crippen LogP contribution in [-0.4, -0.2) is 35.3 Å². The Morgan fingerprint density at radius 1 is 1.23 bits per heavy atom. The van der Waals surface area contributed by atoms with Gasteiger partial charge in [0.1, 0.15) is 0 Å². The van der Waals surface area contributed by atoms with Crippen molar-refractivity contribution >= 4 is 28.9 Å². The van der Waals surface area contributed by atoms with E-state index in [1.165, 1.54) is 0 Å². The van der Waals surface area contributed by atoms with Crippen molar-refractivity contribution in [2.45, 2.75) is 6.42 Å². The van der Waals surface area contributed by atoms with Gasteiger partial charge in [-0.05, 0) is 23.8 Å². The van der Waals surface area contributed by atoms with Crippen molar-refractivity contribution in [1.29, 1.82) is 0 Å². The van der Waals surface area contributed by atoms with Crippen molar-refractivity contribution in [3.8, 4) is 11.3 Å². The zero-order valence-electron chi connectivity index (χ0n) is 13.8. The van der Waals surface area contributed by atoms with Gasteiger partial charge < -0.3 is 10.6 Å². The lowest BCUT2D eigenvalue weighted by atomic mass is 10.1. The predicted octanol–water partition coefficient (Wildman–Crippen LogP) is 1.76. The molecule has 9 heteroatoms. The van der Waals surface area contributed by atoms with Gasteiger partial charge in [-0.2, -0.15) is 10.1 Å². The summed E-state index contributed by atoms with van der Waals surface area (Å²) in [6.45, 7) is 0. The van der Waals surface area contributed by atoms with Crippen LogP contribution in [-0.2, 0) is 18.3 Å². The summed E-state index contributed by atoms with van der Waals surface area (Å²) in [7, 11) is 1.86. The molecule has 1 amide bonds. The summed E-state index contributed by atoms with van der Waals surface area (Å²) in [5.41, 5.74) is 4.98. The first-order valence-electron chi connectivity index (χ1n) is 8.05. The summed E-state index contributed by atoms with van der Waals surface area (Å²) >= 11 is 0. The molecule has 5 rings (SSSR count). The van der Waals surface area contributed by atoms with Crippen molar-refractivity contribution in [3.63, 3.8) is 0 Å². The molecule has 0 aliphatic carbocycles. The molecule has 0 atom stereocenters. The Morgan fingerprint density at radius 3 is 3.00 bits per heavy atom. The lowest BCUT2D eigenvalue weighted by Gasteiger charge is -2.04. The average molecular weight is 346 g/mol. The molecule has 2 N–H and O–H groups in total. The predicted molar refractivity (Wildman–Crippen MR) is 95.0 cm³/mol. The Kier molecular flexibility index (Phi) is 3.02. The van der Waals surface area contributed by atoms with Crippen LogP contribution in [0.1, 0.15) is 5.56 Å². The number of anilines is 3. The molecule has 0 fully saturated rings. The molecule has 0 saturated carbocycles. The van der Waals surface area contributed by atoms with E-state index in [4.69, 9.17) is 0 Å². The van der Waals surface area contributed by atoms with E-state index in [9.17, 15) is 4.79 Å². The van der Waals surface area contributed by atoms with Gasteiger partial charge in [0.25, 0.3) is 0 Å². The highest BCUT2D eigenvalue weighted by Gasteiger charge is 2.18. The average Bonchev–Trinajstić information content (AvgIpc) is 3.31. The first-order valence-corrected chi connectivity index (χ1v) is 8.05. The number of rotatable bonds is 3. The van der Waals surface area contributed by atoms with Crippen molar-refractivity contribution < 1.29 is 4.79 Å². The Morgan fingerprint density at radius 2 is 2.15 bits per heavy atom. The molecule has 4 heterocycles. The van der Waals surface area contributed by atoms with E-state index in [1.807, 2.05) is 31.4 Å². The van der Waals surface area contributed by atoms with E-state index in [0.717, 1.165) is 28.2 Å². The van der Waals surface area contributed by atoms with Crippen LogP contribution in [0.25, 0.3) is 16.9 Å². The summed E-state index contributed by atoms with van der Waals surface area (Å²) in [5.74, 6) is 0.468. The van der Waals surface area contributed by atoms with Gasteiger partial charge in [-0.1, -0.05) is 0 Å². The number of hydrogen-bond donors (Lipinski definition) is 2. The minimum absolute atomic E-state index is 0.00944. The van der Waals surface area contributed by atoms with Crippen LogP contribution in [0.5, 0.6) is 0 Å². The fourth-order valence-electron chi connectivity index (χ4n) is 3.05. The molecular formula is C17H14N8O. The van der Waals surface area contributed by atoms with Crippen molar-refractivity contribution in [2.24, 2.45) is 7.05 Å². The minimum Gasteiger partial charge on any atom is -0.326 e. The quantitative estimate of drug-likeness (QED) is 0.586. The highest BCUT2D eigenvalue weighted by atomic mass is 16.1. The van der Waals surface area contributed by atoms with Gasteiger partial charge in [0.15, 0.2) is 5.65 Å². The number of aromatic nitrogens is 6. The molecule has 9 nitrogen and oxygen atoms in total. The number of carbonyl (C=O) groups excluding carboxylic acids is 1. The van der Waals surface area contributed by atoms with Crippen LogP contribution in [0.4, 0.5) is 17.3 Å². The van der Waals surface area contributed by atoms with E-state index >= 15 is 0 Å². The molecule has 4 aromatic rings. The van der Waals surface area contributed by atoms with Crippen LogP contribution in [0.15, 0.2) is 43.0 Å². The first-order chi connectivity index (χ1) is 12.7. The highest BCUT2D eigenvalue weighted by molar-refractivity contribution is 5.99. The molecular weight excluding hydrogens is 332 g/mol. The summed E-state index contributed by atoms with van der Waals surface area (Å²) < 4.78 is 3.45. The second-order valence-corrected chi connectivity index (χ2v) is 6.12. The molecule has 3 aromatic heterocycles. The monoisotopic (exact) mass is 346 g/mol. The molecule has 1 aliphatic rings. The van der Waals surface area contributed by atoms with Crippen molar-refractivity contribution in [2.75, 3.05) is 10.6 Å². The topological polar surface area (TPSA) is 102 Å². The summed E-state index contributed by atoms with van der Waals surface area (Å²) in [6, 6.07) is 5.69. The number of benzene rings is 1. The third-order valence-electron chi connectivity index (χ3n) is 4.23. The lowest BCUT2D eigenvalue weighted by molar-refractivity contribution is -0.115. The van der Waals surface area contributed by atoms with Gasteiger partial charge >= 0.3 is 0 Å². The number of nitrogens with zero attached hydrogens (tertiary/aromatic N) is 6. The van der Waals surface area contributed by atoms with Gasteiger partial charge in [-0.3, -0.25) is 14.5 Å². The Hall–Kier alpha value is -3.75. The SMILES string of the molecule is Cn1cc(-c2cncc3nc(Nc4ccc5c(c4)CC(=O)N5)nn23)cn1. The number of carbonyl (C=O) groups is 1. The van der Waals surface area contributed by atoms with Crippen molar-refractivity contribution in [1.82, 2.24) is 29.4 Å². The second-order valence-electron chi connectivity index (χ2n) is 6.12. The summed E-state index contributed by atoms with van der Waals surface area (Å²) in [6.07, 6.45) is 7.43. The third-order valence-corrected chi connectivity index (χ3v) is 4.23. The summed E-state index contributed by atoms with van der Waals surface area (Å²) in [4.78, 5) is 20.2. The van der Waals surface area contributed by atoms with Gasteiger partial charge in [-0.15, -0.1) is 5.10 Å². The minimum atomic E-state index is 0.00944. The van der Waals surface area contributed by atoms with Crippen LogP contribution >= 0.6 is 0 Å². The van der Waals surface area contributed by atoms with E-state index in [0.29, 0.717) is 18.0 Å². The van der Waals surface area contributed by atoms with Gasteiger partial charge in [0.2, 0.25) is 11.9 Å². The Bertz CT molecular complexity index is 1160. The van der Waals surface area contributed by atoms with E-state index < -0.39 is 0 Å².